The molecule has 5 rings (SSSR count). The van der Waals surface area contributed by atoms with Gasteiger partial charge in [-0.3, -0.25) is 19.0 Å². The summed E-state index contributed by atoms with van der Waals surface area (Å²) in [7, 11) is 0.251. The molecule has 10 nitrogen and oxygen atoms in total. The fourth-order valence-electron chi connectivity index (χ4n) is 4.64. The maximum Gasteiger partial charge on any atom is 0.264 e. The second kappa shape index (κ2) is 14.2. The lowest BCUT2D eigenvalue weighted by Gasteiger charge is -2.32. The minimum Gasteiger partial charge on any atom is -0.354 e. The number of likely N-dealkylation sites (N-methyl/N-ethyl adjacent to an activating group) is 2. The van der Waals surface area contributed by atoms with E-state index in [1.807, 2.05) is 67.7 Å². The number of fused-ring (bicyclic) bond motifs is 1. The van der Waals surface area contributed by atoms with Crippen molar-refractivity contribution >= 4 is 61.9 Å². The molecular formula is C31H36ClN5O5S. The second-order valence-corrected chi connectivity index (χ2v) is 12.5. The SMILES string of the molecule is CCS(=O)(=O)O.CN1CCN(CC(=O)N(C)c2ccc(N/C(=C3\C(=O)Nc4cc(Cl)ccc43)c3ccccc3)cc2)CC1. The van der Waals surface area contributed by atoms with Crippen LogP contribution in [0.1, 0.15) is 18.1 Å². The van der Waals surface area contributed by atoms with E-state index < -0.39 is 10.1 Å². The summed E-state index contributed by atoms with van der Waals surface area (Å²) in [4.78, 5) is 32.1. The number of amides is 2. The molecule has 1 saturated heterocycles. The van der Waals surface area contributed by atoms with Crippen molar-refractivity contribution in [1.82, 2.24) is 9.80 Å². The van der Waals surface area contributed by atoms with Gasteiger partial charge in [-0.05, 0) is 55.9 Å². The molecule has 0 bridgehead atoms. The lowest BCUT2D eigenvalue weighted by Crippen LogP contribution is -2.48. The van der Waals surface area contributed by atoms with Crippen LogP contribution in [0.15, 0.2) is 72.8 Å². The Hall–Kier alpha value is -3.74. The van der Waals surface area contributed by atoms with Crippen molar-refractivity contribution < 1.29 is 22.6 Å². The summed E-state index contributed by atoms with van der Waals surface area (Å²) >= 11 is 6.15. The highest BCUT2D eigenvalue weighted by Gasteiger charge is 2.28. The fourth-order valence-corrected chi connectivity index (χ4v) is 4.81. The van der Waals surface area contributed by atoms with Crippen LogP contribution in [0.3, 0.4) is 0 Å². The van der Waals surface area contributed by atoms with E-state index in [2.05, 4.69) is 27.5 Å². The number of carbonyl (C=O) groups excluding carboxylic acids is 2. The van der Waals surface area contributed by atoms with E-state index in [0.29, 0.717) is 28.5 Å². The number of hydrogen-bond acceptors (Lipinski definition) is 7. The molecule has 0 spiro atoms. The van der Waals surface area contributed by atoms with Gasteiger partial charge in [-0.1, -0.05) is 48.0 Å². The lowest BCUT2D eigenvalue weighted by molar-refractivity contribution is -0.119. The van der Waals surface area contributed by atoms with Gasteiger partial charge in [0, 0.05) is 55.2 Å². The average molecular weight is 626 g/mol. The van der Waals surface area contributed by atoms with E-state index in [9.17, 15) is 18.0 Å². The summed E-state index contributed by atoms with van der Waals surface area (Å²) in [5.41, 5.74) is 5.26. The van der Waals surface area contributed by atoms with E-state index in [4.69, 9.17) is 16.2 Å². The molecule has 3 aromatic rings. The zero-order chi connectivity index (χ0) is 31.1. The largest absolute Gasteiger partial charge is 0.354 e. The van der Waals surface area contributed by atoms with Crippen LogP contribution in [0.5, 0.6) is 0 Å². The standard InChI is InChI=1S/C29H30ClN5O2.C2H6O3S/c1-33-14-16-35(17-15-33)19-26(36)34(2)23-11-9-22(10-12-23)31-28(20-6-4-3-5-7-20)27-24-13-8-21(30)18-25(24)32-29(27)37;1-2-6(3,4)5/h3-13,18,31H,14-17,19H2,1-2H3,(H,32,37);2H2,1H3,(H,3,4,5)/b28-27-;. The number of benzene rings is 3. The Kier molecular flexibility index (Phi) is 10.6. The van der Waals surface area contributed by atoms with E-state index in [1.165, 1.54) is 6.92 Å². The molecule has 43 heavy (non-hydrogen) atoms. The second-order valence-electron chi connectivity index (χ2n) is 10.3. The topological polar surface area (TPSA) is 122 Å². The van der Waals surface area contributed by atoms with Gasteiger partial charge in [0.05, 0.1) is 29.3 Å². The molecular weight excluding hydrogens is 590 g/mol. The third-order valence-electron chi connectivity index (χ3n) is 7.26. The molecule has 12 heteroatoms. The Bertz CT molecular complexity index is 1590. The van der Waals surface area contributed by atoms with E-state index in [-0.39, 0.29) is 17.6 Å². The number of nitrogens with one attached hydrogen (secondary N) is 2. The van der Waals surface area contributed by atoms with E-state index >= 15 is 0 Å². The molecule has 2 aliphatic heterocycles. The smallest absolute Gasteiger partial charge is 0.264 e. The van der Waals surface area contributed by atoms with Gasteiger partial charge >= 0.3 is 0 Å². The molecule has 228 valence electrons. The minimum atomic E-state index is -3.66. The number of rotatable bonds is 7. The third kappa shape index (κ3) is 8.65. The summed E-state index contributed by atoms with van der Waals surface area (Å²) in [5.74, 6) is -0.322. The molecule has 2 aliphatic rings. The Labute approximate surface area is 257 Å². The third-order valence-corrected chi connectivity index (χ3v) is 8.22. The minimum absolute atomic E-state index is 0.0650. The zero-order valence-corrected chi connectivity index (χ0v) is 26.0. The van der Waals surface area contributed by atoms with Crippen molar-refractivity contribution in [1.29, 1.82) is 0 Å². The van der Waals surface area contributed by atoms with Crippen LogP contribution in [0, 0.1) is 0 Å². The number of nitrogens with zero attached hydrogens (tertiary/aromatic N) is 3. The van der Waals surface area contributed by atoms with Crippen molar-refractivity contribution in [2.75, 3.05) is 68.1 Å². The molecule has 3 N–H and O–H groups in total. The van der Waals surface area contributed by atoms with Crippen molar-refractivity contribution in [2.45, 2.75) is 6.92 Å². The monoisotopic (exact) mass is 625 g/mol. The number of piperazine rings is 1. The summed E-state index contributed by atoms with van der Waals surface area (Å²) in [6, 6.07) is 22.8. The Morgan fingerprint density at radius 3 is 2.26 bits per heavy atom. The summed E-state index contributed by atoms with van der Waals surface area (Å²) in [6.07, 6.45) is 0. The normalized spacial score (nSPS) is 16.4. The van der Waals surface area contributed by atoms with Crippen LogP contribution in [0.25, 0.3) is 11.3 Å². The average Bonchev–Trinajstić information content (AvgIpc) is 3.31. The Balaban J connectivity index is 0.000000641. The van der Waals surface area contributed by atoms with Gasteiger partial charge in [0.2, 0.25) is 5.91 Å². The van der Waals surface area contributed by atoms with Crippen molar-refractivity contribution in [2.24, 2.45) is 0 Å². The lowest BCUT2D eigenvalue weighted by atomic mass is 10.00. The highest BCUT2D eigenvalue weighted by molar-refractivity contribution is 7.85. The van der Waals surface area contributed by atoms with Crippen LogP contribution < -0.4 is 15.5 Å². The van der Waals surface area contributed by atoms with Gasteiger partial charge < -0.3 is 20.4 Å². The van der Waals surface area contributed by atoms with Crippen molar-refractivity contribution in [3.8, 4) is 0 Å². The predicted molar refractivity (Wildman–Crippen MR) is 173 cm³/mol. The first-order valence-corrected chi connectivity index (χ1v) is 15.8. The molecule has 0 aliphatic carbocycles. The summed E-state index contributed by atoms with van der Waals surface area (Å²) < 4.78 is 26.9. The maximum atomic E-state index is 13.0. The van der Waals surface area contributed by atoms with Crippen LogP contribution in [-0.4, -0.2) is 87.2 Å². The molecule has 1 fully saturated rings. The molecule has 0 atom stereocenters. The maximum absolute atomic E-state index is 13.0. The number of anilines is 3. The van der Waals surface area contributed by atoms with Gasteiger partial charge in [-0.25, -0.2) is 0 Å². The predicted octanol–water partition coefficient (Wildman–Crippen LogP) is 4.38. The molecule has 2 amide bonds. The van der Waals surface area contributed by atoms with Gasteiger partial charge in [0.15, 0.2) is 0 Å². The van der Waals surface area contributed by atoms with Crippen molar-refractivity contribution in [3.05, 3.63) is 88.9 Å². The van der Waals surface area contributed by atoms with Gasteiger partial charge in [0.25, 0.3) is 16.0 Å². The molecule has 0 radical (unpaired) electrons. The molecule has 2 heterocycles. The first-order chi connectivity index (χ1) is 20.4. The van der Waals surface area contributed by atoms with Crippen LogP contribution in [0.2, 0.25) is 5.02 Å². The van der Waals surface area contributed by atoms with Gasteiger partial charge in [-0.15, -0.1) is 0 Å². The summed E-state index contributed by atoms with van der Waals surface area (Å²) in [5, 5.41) is 6.95. The van der Waals surface area contributed by atoms with Crippen LogP contribution >= 0.6 is 11.6 Å². The first-order valence-electron chi connectivity index (χ1n) is 13.9. The highest BCUT2D eigenvalue weighted by Crippen LogP contribution is 2.38. The van der Waals surface area contributed by atoms with Gasteiger partial charge in [0.1, 0.15) is 0 Å². The first kappa shape index (κ1) is 32.2. The van der Waals surface area contributed by atoms with E-state index in [1.54, 1.807) is 17.0 Å². The van der Waals surface area contributed by atoms with Gasteiger partial charge in [-0.2, -0.15) is 8.42 Å². The zero-order valence-electron chi connectivity index (χ0n) is 24.4. The quantitative estimate of drug-likeness (QED) is 0.261. The van der Waals surface area contributed by atoms with Crippen molar-refractivity contribution in [3.63, 3.8) is 0 Å². The fraction of sp³-hybridized carbons (Fsp3) is 0.290. The molecule has 3 aromatic carbocycles. The molecule has 0 unspecified atom stereocenters. The highest BCUT2D eigenvalue weighted by atomic mass is 35.5. The molecule has 0 saturated carbocycles. The molecule has 0 aromatic heterocycles. The number of carbonyl (C=O) groups is 2. The Morgan fingerprint density at radius 2 is 1.65 bits per heavy atom. The van der Waals surface area contributed by atoms with Crippen LogP contribution in [-0.2, 0) is 19.7 Å². The van der Waals surface area contributed by atoms with E-state index in [0.717, 1.165) is 48.7 Å². The Morgan fingerprint density at radius 1 is 1.02 bits per heavy atom. The summed E-state index contributed by atoms with van der Waals surface area (Å²) in [6.45, 7) is 5.54. The van der Waals surface area contributed by atoms with Crippen LogP contribution in [0.4, 0.5) is 17.1 Å². The number of halogens is 1. The number of hydrogen-bond donors (Lipinski definition) is 3.